The van der Waals surface area contributed by atoms with Crippen molar-refractivity contribution in [1.29, 1.82) is 0 Å². The molecule has 3 nitrogen and oxygen atoms in total. The molecule has 0 radical (unpaired) electrons. The zero-order valence-electron chi connectivity index (χ0n) is 15.2. The molecule has 2 amide bonds. The minimum absolute atomic E-state index is 0.153. The number of benzene rings is 2. The van der Waals surface area contributed by atoms with Gasteiger partial charge in [0.05, 0.1) is 10.5 Å². The van der Waals surface area contributed by atoms with Gasteiger partial charge < -0.3 is 0 Å². The van der Waals surface area contributed by atoms with E-state index in [2.05, 4.69) is 6.92 Å². The molecule has 1 heterocycles. The summed E-state index contributed by atoms with van der Waals surface area (Å²) in [4.78, 5) is 27.9. The first-order chi connectivity index (χ1) is 12.6. The van der Waals surface area contributed by atoms with E-state index in [1.165, 1.54) is 16.7 Å². The topological polar surface area (TPSA) is 37.4 Å². The summed E-state index contributed by atoms with van der Waals surface area (Å²) in [6.07, 6.45) is 1.78. The molecule has 0 saturated heterocycles. The summed E-state index contributed by atoms with van der Waals surface area (Å²) >= 11 is 1.46. The molecular weight excluding hydrogens is 342 g/mol. The summed E-state index contributed by atoms with van der Waals surface area (Å²) in [6.45, 7) is 4.56. The van der Waals surface area contributed by atoms with Crippen LogP contribution in [0.4, 0.5) is 0 Å². The SMILES string of the molecule is CCCCN1C(=O)C(SCc2ccccc2)=C(c2ccc(C)cc2)C1=O. The second kappa shape index (κ2) is 8.37. The molecule has 0 unspecified atom stereocenters. The van der Waals surface area contributed by atoms with Crippen molar-refractivity contribution in [3.05, 3.63) is 76.2 Å². The van der Waals surface area contributed by atoms with Crippen LogP contribution in [-0.4, -0.2) is 23.3 Å². The maximum absolute atomic E-state index is 13.0. The molecule has 2 aromatic carbocycles. The van der Waals surface area contributed by atoms with Crippen molar-refractivity contribution in [3.8, 4) is 0 Å². The van der Waals surface area contributed by atoms with Gasteiger partial charge in [-0.25, -0.2) is 0 Å². The lowest BCUT2D eigenvalue weighted by Crippen LogP contribution is -2.32. The third-order valence-electron chi connectivity index (χ3n) is 4.43. The number of hydrogen-bond donors (Lipinski definition) is 0. The molecule has 1 aliphatic rings. The van der Waals surface area contributed by atoms with Crippen molar-refractivity contribution in [2.45, 2.75) is 32.4 Å². The van der Waals surface area contributed by atoms with Gasteiger partial charge in [-0.05, 0) is 24.5 Å². The van der Waals surface area contributed by atoms with Gasteiger partial charge in [0.25, 0.3) is 11.8 Å². The van der Waals surface area contributed by atoms with Crippen LogP contribution < -0.4 is 0 Å². The number of imide groups is 1. The van der Waals surface area contributed by atoms with Crippen LogP contribution in [0, 0.1) is 6.92 Å². The molecule has 134 valence electrons. The molecule has 1 aliphatic heterocycles. The molecule has 26 heavy (non-hydrogen) atoms. The van der Waals surface area contributed by atoms with Gasteiger partial charge in [0, 0.05) is 12.3 Å². The Morgan fingerprint density at radius 2 is 1.62 bits per heavy atom. The highest BCUT2D eigenvalue weighted by Gasteiger charge is 2.38. The molecule has 0 fully saturated rings. The van der Waals surface area contributed by atoms with Crippen molar-refractivity contribution in [1.82, 2.24) is 4.90 Å². The Morgan fingerprint density at radius 3 is 2.27 bits per heavy atom. The number of nitrogens with zero attached hydrogens (tertiary/aromatic N) is 1. The van der Waals surface area contributed by atoms with Crippen LogP contribution in [0.1, 0.15) is 36.5 Å². The zero-order chi connectivity index (χ0) is 18.5. The number of hydrogen-bond acceptors (Lipinski definition) is 3. The van der Waals surface area contributed by atoms with Crippen molar-refractivity contribution in [2.24, 2.45) is 0 Å². The summed E-state index contributed by atoms with van der Waals surface area (Å²) in [5.74, 6) is 0.356. The monoisotopic (exact) mass is 365 g/mol. The van der Waals surface area contributed by atoms with Crippen LogP contribution in [0.3, 0.4) is 0 Å². The predicted molar refractivity (Wildman–Crippen MR) is 107 cm³/mol. The van der Waals surface area contributed by atoms with Crippen molar-refractivity contribution in [2.75, 3.05) is 6.54 Å². The number of amides is 2. The van der Waals surface area contributed by atoms with Gasteiger partial charge in [0.2, 0.25) is 0 Å². The third-order valence-corrected chi connectivity index (χ3v) is 5.57. The van der Waals surface area contributed by atoms with Crippen LogP contribution in [-0.2, 0) is 15.3 Å². The second-order valence-corrected chi connectivity index (χ2v) is 7.45. The molecular formula is C22H23NO2S. The summed E-state index contributed by atoms with van der Waals surface area (Å²) in [5, 5.41) is 0. The lowest BCUT2D eigenvalue weighted by atomic mass is 10.0. The fourth-order valence-electron chi connectivity index (χ4n) is 2.91. The molecule has 0 saturated carbocycles. The van der Waals surface area contributed by atoms with Crippen molar-refractivity contribution in [3.63, 3.8) is 0 Å². The quantitative estimate of drug-likeness (QED) is 0.661. The molecule has 0 atom stereocenters. The van der Waals surface area contributed by atoms with Gasteiger partial charge >= 0.3 is 0 Å². The maximum atomic E-state index is 13.0. The molecule has 2 aromatic rings. The zero-order valence-corrected chi connectivity index (χ0v) is 16.0. The Morgan fingerprint density at radius 1 is 0.923 bits per heavy atom. The predicted octanol–water partition coefficient (Wildman–Crippen LogP) is 4.81. The highest BCUT2D eigenvalue weighted by Crippen LogP contribution is 2.37. The number of carbonyl (C=O) groups excluding carboxylic acids is 2. The number of unbranched alkanes of at least 4 members (excludes halogenated alkanes) is 1. The average Bonchev–Trinajstić information content (AvgIpc) is 2.89. The molecule has 0 spiro atoms. The van der Waals surface area contributed by atoms with Gasteiger partial charge in [-0.15, -0.1) is 11.8 Å². The van der Waals surface area contributed by atoms with E-state index in [0.29, 0.717) is 22.8 Å². The Kier molecular flexibility index (Phi) is 5.94. The maximum Gasteiger partial charge on any atom is 0.267 e. The Hall–Kier alpha value is -2.33. The lowest BCUT2D eigenvalue weighted by Gasteiger charge is -2.14. The molecule has 4 heteroatoms. The second-order valence-electron chi connectivity index (χ2n) is 6.46. The van der Waals surface area contributed by atoms with Crippen molar-refractivity contribution >= 4 is 29.1 Å². The normalized spacial score (nSPS) is 14.5. The van der Waals surface area contributed by atoms with E-state index >= 15 is 0 Å². The Labute approximate surface area is 159 Å². The Bertz CT molecular complexity index is 825. The molecule has 0 aliphatic carbocycles. The minimum Gasteiger partial charge on any atom is -0.274 e. The highest BCUT2D eigenvalue weighted by atomic mass is 32.2. The van der Waals surface area contributed by atoms with Gasteiger partial charge in [-0.1, -0.05) is 73.5 Å². The number of rotatable bonds is 7. The first-order valence-electron chi connectivity index (χ1n) is 8.96. The van der Waals surface area contributed by atoms with Gasteiger partial charge in [-0.2, -0.15) is 0 Å². The Balaban J connectivity index is 1.93. The van der Waals surface area contributed by atoms with E-state index in [4.69, 9.17) is 0 Å². The van der Waals surface area contributed by atoms with E-state index < -0.39 is 0 Å². The molecule has 3 rings (SSSR count). The first-order valence-corrected chi connectivity index (χ1v) is 9.94. The number of thioether (sulfide) groups is 1. The fourth-order valence-corrected chi connectivity index (χ4v) is 4.00. The van der Waals surface area contributed by atoms with Crippen LogP contribution >= 0.6 is 11.8 Å². The van der Waals surface area contributed by atoms with Crippen molar-refractivity contribution < 1.29 is 9.59 Å². The van der Waals surface area contributed by atoms with Gasteiger partial charge in [-0.3, -0.25) is 14.5 Å². The smallest absolute Gasteiger partial charge is 0.267 e. The molecule has 0 N–H and O–H groups in total. The van der Waals surface area contributed by atoms with Crippen LogP contribution in [0.25, 0.3) is 5.57 Å². The first kappa shape index (κ1) is 18.5. The van der Waals surface area contributed by atoms with E-state index in [9.17, 15) is 9.59 Å². The summed E-state index contributed by atoms with van der Waals surface area (Å²) in [7, 11) is 0. The van der Waals surface area contributed by atoms with Gasteiger partial charge in [0.15, 0.2) is 0 Å². The molecule has 0 aromatic heterocycles. The standard InChI is InChI=1S/C22H23NO2S/c1-3-4-14-23-21(24)19(18-12-10-16(2)11-13-18)20(22(23)25)26-15-17-8-6-5-7-9-17/h5-13H,3-4,14-15H2,1-2H3. The van der Waals surface area contributed by atoms with E-state index in [-0.39, 0.29) is 11.8 Å². The van der Waals surface area contributed by atoms with Gasteiger partial charge in [0.1, 0.15) is 0 Å². The minimum atomic E-state index is -0.164. The fraction of sp³-hybridized carbons (Fsp3) is 0.273. The summed E-state index contributed by atoms with van der Waals surface area (Å²) in [6, 6.07) is 17.8. The van der Waals surface area contributed by atoms with E-state index in [0.717, 1.165) is 29.5 Å². The summed E-state index contributed by atoms with van der Waals surface area (Å²) in [5.41, 5.74) is 3.64. The van der Waals surface area contributed by atoms with E-state index in [1.54, 1.807) is 0 Å². The summed E-state index contributed by atoms with van der Waals surface area (Å²) < 4.78 is 0. The molecule has 0 bridgehead atoms. The number of carbonyl (C=O) groups is 2. The number of aryl methyl sites for hydroxylation is 1. The van der Waals surface area contributed by atoms with Crippen LogP contribution in [0.5, 0.6) is 0 Å². The third kappa shape index (κ3) is 3.91. The lowest BCUT2D eigenvalue weighted by molar-refractivity contribution is -0.136. The highest BCUT2D eigenvalue weighted by molar-refractivity contribution is 8.03. The average molecular weight is 365 g/mol. The largest absolute Gasteiger partial charge is 0.274 e. The van der Waals surface area contributed by atoms with E-state index in [1.807, 2.05) is 61.5 Å². The van der Waals surface area contributed by atoms with Crippen LogP contribution in [0.2, 0.25) is 0 Å². The van der Waals surface area contributed by atoms with Crippen LogP contribution in [0.15, 0.2) is 59.5 Å².